The van der Waals surface area contributed by atoms with E-state index in [4.69, 9.17) is 4.74 Å². The molecule has 0 aliphatic carbocycles. The molecular weight excluding hydrogens is 283 g/mol. The third-order valence-electron chi connectivity index (χ3n) is 3.65. The van der Waals surface area contributed by atoms with Crippen LogP contribution in [-0.2, 0) is 17.5 Å². The van der Waals surface area contributed by atoms with Crippen LogP contribution in [0, 0.1) is 12.8 Å². The lowest BCUT2D eigenvalue weighted by molar-refractivity contribution is -0.144. The van der Waals surface area contributed by atoms with Gasteiger partial charge >= 0.3 is 6.18 Å². The van der Waals surface area contributed by atoms with Gasteiger partial charge < -0.3 is 10.1 Å². The first-order valence-electron chi connectivity index (χ1n) is 7.29. The van der Waals surface area contributed by atoms with Crippen LogP contribution in [0.15, 0.2) is 6.07 Å². The number of nitrogens with zero attached hydrogens (tertiary/aromatic N) is 2. The molecule has 1 aliphatic heterocycles. The van der Waals surface area contributed by atoms with E-state index >= 15 is 0 Å². The van der Waals surface area contributed by atoms with E-state index in [2.05, 4.69) is 10.4 Å². The van der Waals surface area contributed by atoms with E-state index in [1.807, 2.05) is 6.92 Å². The fourth-order valence-corrected chi connectivity index (χ4v) is 2.54. The van der Waals surface area contributed by atoms with Gasteiger partial charge in [0, 0.05) is 25.8 Å². The van der Waals surface area contributed by atoms with E-state index in [0.29, 0.717) is 18.3 Å². The zero-order valence-electron chi connectivity index (χ0n) is 12.4. The molecule has 1 N–H and O–H groups in total. The molecule has 120 valence electrons. The minimum Gasteiger partial charge on any atom is -0.381 e. The highest BCUT2D eigenvalue weighted by molar-refractivity contribution is 5.12. The van der Waals surface area contributed by atoms with Crippen molar-refractivity contribution in [3.63, 3.8) is 0 Å². The number of nitrogens with one attached hydrogen (secondary N) is 1. The van der Waals surface area contributed by atoms with Crippen LogP contribution in [0.3, 0.4) is 0 Å². The maximum Gasteiger partial charge on any atom is 0.433 e. The molecule has 4 nitrogen and oxygen atoms in total. The van der Waals surface area contributed by atoms with E-state index in [0.717, 1.165) is 36.8 Å². The lowest BCUT2D eigenvalue weighted by Gasteiger charge is -2.25. The molecule has 0 aromatic carbocycles. The second kappa shape index (κ2) is 6.79. The van der Waals surface area contributed by atoms with Gasteiger partial charge in [0.15, 0.2) is 0 Å². The van der Waals surface area contributed by atoms with Gasteiger partial charge in [0.1, 0.15) is 5.69 Å². The van der Waals surface area contributed by atoms with Crippen LogP contribution in [-0.4, -0.2) is 35.6 Å². The van der Waals surface area contributed by atoms with Gasteiger partial charge in [-0.15, -0.1) is 0 Å². The molecule has 1 fully saturated rings. The first-order chi connectivity index (χ1) is 9.86. The fraction of sp³-hybridized carbons (Fsp3) is 0.786. The molecule has 1 atom stereocenters. The molecule has 2 heterocycles. The molecule has 0 spiro atoms. The molecule has 0 unspecified atom stereocenters. The normalized spacial score (nSPS) is 18.9. The smallest absolute Gasteiger partial charge is 0.381 e. The van der Waals surface area contributed by atoms with Crippen molar-refractivity contribution < 1.29 is 17.9 Å². The van der Waals surface area contributed by atoms with E-state index in [1.54, 1.807) is 6.92 Å². The van der Waals surface area contributed by atoms with Crippen molar-refractivity contribution >= 4 is 0 Å². The van der Waals surface area contributed by atoms with Gasteiger partial charge in [0.2, 0.25) is 0 Å². The Morgan fingerprint density at radius 3 is 2.71 bits per heavy atom. The minimum atomic E-state index is -4.35. The predicted octanol–water partition coefficient (Wildman–Crippen LogP) is 2.62. The van der Waals surface area contributed by atoms with E-state index in [-0.39, 0.29) is 12.5 Å². The quantitative estimate of drug-likeness (QED) is 0.909. The topological polar surface area (TPSA) is 39.1 Å². The lowest BCUT2D eigenvalue weighted by Crippen LogP contribution is -2.38. The number of hydrogen-bond acceptors (Lipinski definition) is 3. The predicted molar refractivity (Wildman–Crippen MR) is 73.0 cm³/mol. The summed E-state index contributed by atoms with van der Waals surface area (Å²) in [6.45, 7) is 5.96. The number of alkyl halides is 3. The highest BCUT2D eigenvalue weighted by Crippen LogP contribution is 2.30. The van der Waals surface area contributed by atoms with Crippen LogP contribution in [0.4, 0.5) is 13.2 Å². The molecule has 7 heteroatoms. The Morgan fingerprint density at radius 1 is 1.43 bits per heavy atom. The maximum atomic E-state index is 12.9. The lowest BCUT2D eigenvalue weighted by atomic mass is 10.1. The van der Waals surface area contributed by atoms with Crippen molar-refractivity contribution in [1.29, 1.82) is 0 Å². The third-order valence-corrected chi connectivity index (χ3v) is 3.65. The van der Waals surface area contributed by atoms with Gasteiger partial charge in [-0.2, -0.15) is 18.3 Å². The van der Waals surface area contributed by atoms with Crippen LogP contribution >= 0.6 is 0 Å². The standard InChI is InChI=1S/C14H22F3N3O/c1-10(8-18-12-3-5-21-6-4-12)9-20-13(14(15,16)17)7-11(2)19-20/h7,10,12,18H,3-6,8-9H2,1-2H3/t10-/m1/s1. The summed E-state index contributed by atoms with van der Waals surface area (Å²) in [5.41, 5.74) is -0.273. The molecular formula is C14H22F3N3O. The van der Waals surface area contributed by atoms with E-state index in [1.165, 1.54) is 0 Å². The van der Waals surface area contributed by atoms with Gasteiger partial charge in [-0.1, -0.05) is 6.92 Å². The van der Waals surface area contributed by atoms with Crippen molar-refractivity contribution in [3.8, 4) is 0 Å². The zero-order valence-corrected chi connectivity index (χ0v) is 12.4. The second-order valence-corrected chi connectivity index (χ2v) is 5.75. The number of rotatable bonds is 5. The molecule has 0 saturated carbocycles. The summed E-state index contributed by atoms with van der Waals surface area (Å²) in [4.78, 5) is 0. The second-order valence-electron chi connectivity index (χ2n) is 5.75. The summed E-state index contributed by atoms with van der Waals surface area (Å²) in [5, 5.41) is 7.36. The van der Waals surface area contributed by atoms with Crippen molar-refractivity contribution in [2.75, 3.05) is 19.8 Å². The Morgan fingerprint density at radius 2 is 2.10 bits per heavy atom. The van der Waals surface area contributed by atoms with Crippen LogP contribution in [0.1, 0.15) is 31.2 Å². The first-order valence-corrected chi connectivity index (χ1v) is 7.29. The van der Waals surface area contributed by atoms with E-state index < -0.39 is 11.9 Å². The van der Waals surface area contributed by atoms with Crippen LogP contribution in [0.2, 0.25) is 0 Å². The van der Waals surface area contributed by atoms with Gasteiger partial charge in [0.25, 0.3) is 0 Å². The molecule has 1 aromatic rings. The Kier molecular flexibility index (Phi) is 5.27. The monoisotopic (exact) mass is 305 g/mol. The molecule has 21 heavy (non-hydrogen) atoms. The highest BCUT2D eigenvalue weighted by Gasteiger charge is 2.35. The Bertz CT molecular complexity index is 453. The average Bonchev–Trinajstić information content (AvgIpc) is 2.78. The number of ether oxygens (including phenoxy) is 1. The first kappa shape index (κ1) is 16.3. The van der Waals surface area contributed by atoms with Gasteiger partial charge in [-0.3, -0.25) is 4.68 Å². The number of halogens is 3. The van der Waals surface area contributed by atoms with Crippen molar-refractivity contribution in [3.05, 3.63) is 17.5 Å². The summed E-state index contributed by atoms with van der Waals surface area (Å²) in [7, 11) is 0. The molecule has 0 amide bonds. The maximum absolute atomic E-state index is 12.9. The van der Waals surface area contributed by atoms with E-state index in [9.17, 15) is 13.2 Å². The molecule has 1 saturated heterocycles. The number of aryl methyl sites for hydroxylation is 1. The van der Waals surface area contributed by atoms with Gasteiger partial charge in [-0.05, 0) is 38.3 Å². The van der Waals surface area contributed by atoms with Gasteiger partial charge in [0.05, 0.1) is 5.69 Å². The molecule has 2 rings (SSSR count). The molecule has 1 aliphatic rings. The van der Waals surface area contributed by atoms with Gasteiger partial charge in [-0.25, -0.2) is 0 Å². The third kappa shape index (κ3) is 4.71. The Balaban J connectivity index is 1.88. The largest absolute Gasteiger partial charge is 0.433 e. The van der Waals surface area contributed by atoms with Crippen molar-refractivity contribution in [1.82, 2.24) is 15.1 Å². The summed E-state index contributed by atoms with van der Waals surface area (Å²) >= 11 is 0. The SMILES string of the molecule is Cc1cc(C(F)(F)F)n(C[C@H](C)CNC2CCOCC2)n1. The molecule has 1 aromatic heterocycles. The van der Waals surface area contributed by atoms with Crippen LogP contribution < -0.4 is 5.32 Å². The fourth-order valence-electron chi connectivity index (χ4n) is 2.54. The summed E-state index contributed by atoms with van der Waals surface area (Å²) in [6, 6.07) is 1.50. The minimum absolute atomic E-state index is 0.0771. The zero-order chi connectivity index (χ0) is 15.5. The summed E-state index contributed by atoms with van der Waals surface area (Å²) in [6.07, 6.45) is -2.43. The number of hydrogen-bond donors (Lipinski definition) is 1. The molecule has 0 bridgehead atoms. The Labute approximate surface area is 122 Å². The van der Waals surface area contributed by atoms with Crippen molar-refractivity contribution in [2.24, 2.45) is 5.92 Å². The van der Waals surface area contributed by atoms with Crippen LogP contribution in [0.25, 0.3) is 0 Å². The highest BCUT2D eigenvalue weighted by atomic mass is 19.4. The van der Waals surface area contributed by atoms with Crippen LogP contribution in [0.5, 0.6) is 0 Å². The Hall–Kier alpha value is -1.08. The van der Waals surface area contributed by atoms with Crippen molar-refractivity contribution in [2.45, 2.75) is 45.5 Å². The number of aromatic nitrogens is 2. The summed E-state index contributed by atoms with van der Waals surface area (Å²) in [5.74, 6) is 0.0771. The average molecular weight is 305 g/mol. The molecule has 0 radical (unpaired) electrons. The summed E-state index contributed by atoms with van der Waals surface area (Å²) < 4.78 is 45.0.